The molecule has 1 aliphatic carbocycles. The normalized spacial score (nSPS) is 15.1. The second-order valence-corrected chi connectivity index (χ2v) is 20.6. The molecule has 0 bridgehead atoms. The number of halogens is 1. The number of Topliss-reactive ketones (excluding diaryl/α,β-unsaturated/α-hetero) is 2. The zero-order chi connectivity index (χ0) is 60.7. The summed E-state index contributed by atoms with van der Waals surface area (Å²) in [4.78, 5) is 125. The van der Waals surface area contributed by atoms with Crippen molar-refractivity contribution in [2.45, 2.75) is 105 Å². The molecule has 0 aliphatic heterocycles. The minimum atomic E-state index is -1.88. The molecule has 3 aromatic carbocycles. The number of carbonyl (C=O) groups is 10. The molecule has 0 saturated heterocycles. The molecule has 0 radical (unpaired) electrons. The van der Waals surface area contributed by atoms with Crippen LogP contribution in [0.2, 0.25) is 0 Å². The molecule has 21 heteroatoms. The summed E-state index contributed by atoms with van der Waals surface area (Å²) in [5.74, 6) is -11.9. The summed E-state index contributed by atoms with van der Waals surface area (Å²) in [7, 11) is 1.85. The van der Waals surface area contributed by atoms with Gasteiger partial charge in [0.25, 0.3) is 0 Å². The fourth-order valence-electron chi connectivity index (χ4n) is 8.72. The molecule has 4 rings (SSSR count). The average molecular weight is 1150 g/mol. The third-order valence-electron chi connectivity index (χ3n) is 13.6. The standard InChI is InChI=1S/C61H73FO20/c1-11-13-14-15-41-16-18-43(19-17-41)45-21-23-50(51(62)27-45)49-22-20-44(24-42(49)12-2)46-25-47(75-29-60(31-77-52(65)37(3)4,33-79-54(67)39(7)63)35-81-58(71)56(69)73-9)28-48(26-46)76-30-61(32-78-53(66)38(5)6,34-80-55(68)40(8)64)36-82-59(72)57(70)74-10/h20-28,41,43H,3,5,11-19,29-36H2,1-2,4,6-10H3. The van der Waals surface area contributed by atoms with E-state index >= 15 is 4.39 Å². The Balaban J connectivity index is 1.88. The zero-order valence-electron chi connectivity index (χ0n) is 47.8. The summed E-state index contributed by atoms with van der Waals surface area (Å²) >= 11 is 0. The topological polar surface area (TPSA) is 263 Å². The molecule has 0 amide bonds. The quantitative estimate of drug-likeness (QED) is 0.0200. The highest BCUT2D eigenvalue weighted by Crippen LogP contribution is 2.41. The van der Waals surface area contributed by atoms with Crippen LogP contribution in [0.3, 0.4) is 0 Å². The predicted octanol–water partition coefficient (Wildman–Crippen LogP) is 8.24. The van der Waals surface area contributed by atoms with Crippen LogP contribution >= 0.6 is 0 Å². The van der Waals surface area contributed by atoms with Crippen LogP contribution < -0.4 is 9.47 Å². The van der Waals surface area contributed by atoms with E-state index in [4.69, 9.17) is 37.9 Å². The van der Waals surface area contributed by atoms with Crippen LogP contribution in [-0.4, -0.2) is 126 Å². The van der Waals surface area contributed by atoms with Crippen molar-refractivity contribution in [2.75, 3.05) is 67.1 Å². The molecule has 444 valence electrons. The molecule has 20 nitrogen and oxygen atoms in total. The van der Waals surface area contributed by atoms with Gasteiger partial charge in [-0.25, -0.2) is 42.7 Å². The average Bonchev–Trinajstić information content (AvgIpc) is 3.50. The van der Waals surface area contributed by atoms with E-state index in [0.717, 1.165) is 64.9 Å². The molecular formula is C61H73FO20. The predicted molar refractivity (Wildman–Crippen MR) is 292 cm³/mol. The van der Waals surface area contributed by atoms with Crippen molar-refractivity contribution in [1.82, 2.24) is 0 Å². The number of methoxy groups -OCH3 is 2. The summed E-state index contributed by atoms with van der Waals surface area (Å²) in [5, 5.41) is 0. The number of hydrogen-bond donors (Lipinski definition) is 0. The number of rotatable bonds is 30. The van der Waals surface area contributed by atoms with E-state index in [1.807, 2.05) is 19.1 Å². The molecule has 0 spiro atoms. The van der Waals surface area contributed by atoms with Crippen molar-refractivity contribution in [1.29, 1.82) is 0 Å². The van der Waals surface area contributed by atoms with Crippen LogP contribution in [0.1, 0.15) is 110 Å². The number of aryl methyl sites for hydroxylation is 1. The highest BCUT2D eigenvalue weighted by atomic mass is 19.1. The Morgan fingerprint density at radius 1 is 0.500 bits per heavy atom. The van der Waals surface area contributed by atoms with Gasteiger partial charge < -0.3 is 47.4 Å². The van der Waals surface area contributed by atoms with Gasteiger partial charge in [-0.1, -0.05) is 83.0 Å². The molecule has 0 N–H and O–H groups in total. The van der Waals surface area contributed by atoms with Gasteiger partial charge in [0.1, 0.15) is 81.0 Å². The molecule has 82 heavy (non-hydrogen) atoms. The van der Waals surface area contributed by atoms with E-state index < -0.39 is 123 Å². The maximum absolute atomic E-state index is 16.4. The fraction of sp³-hybridized carbons (Fsp3) is 0.475. The Morgan fingerprint density at radius 3 is 1.34 bits per heavy atom. The first-order chi connectivity index (χ1) is 38.9. The van der Waals surface area contributed by atoms with Gasteiger partial charge in [-0.2, -0.15) is 0 Å². The number of ketones is 2. The van der Waals surface area contributed by atoms with Gasteiger partial charge in [0.05, 0.1) is 14.2 Å². The van der Waals surface area contributed by atoms with E-state index in [1.54, 1.807) is 24.3 Å². The Kier molecular flexibility index (Phi) is 25.6. The number of unbranched alkanes of at least 4 members (excludes halogenated alkanes) is 2. The largest absolute Gasteiger partial charge is 0.492 e. The molecule has 0 heterocycles. The smallest absolute Gasteiger partial charge is 0.417 e. The number of carbonyl (C=O) groups excluding carboxylic acids is 10. The molecular weight excluding hydrogens is 1070 g/mol. The highest BCUT2D eigenvalue weighted by Gasteiger charge is 2.41. The van der Waals surface area contributed by atoms with E-state index in [1.165, 1.54) is 57.7 Å². The van der Waals surface area contributed by atoms with E-state index in [2.05, 4.69) is 29.6 Å². The van der Waals surface area contributed by atoms with Gasteiger partial charge in [0, 0.05) is 36.6 Å². The molecule has 1 fully saturated rings. The van der Waals surface area contributed by atoms with Crippen LogP contribution in [0.4, 0.5) is 4.39 Å². The summed E-state index contributed by atoms with van der Waals surface area (Å²) in [6.07, 6.45) is 9.52. The fourth-order valence-corrected chi connectivity index (χ4v) is 8.72. The lowest BCUT2D eigenvalue weighted by atomic mass is 9.77. The van der Waals surface area contributed by atoms with Crippen molar-refractivity contribution < 1.29 is 99.7 Å². The summed E-state index contributed by atoms with van der Waals surface area (Å²) in [5.41, 5.74) is -0.258. The highest BCUT2D eigenvalue weighted by molar-refractivity contribution is 6.33. The van der Waals surface area contributed by atoms with Crippen molar-refractivity contribution >= 4 is 59.3 Å². The number of esters is 8. The van der Waals surface area contributed by atoms with Crippen molar-refractivity contribution in [3.63, 3.8) is 0 Å². The van der Waals surface area contributed by atoms with Crippen LogP contribution in [0.5, 0.6) is 11.5 Å². The van der Waals surface area contributed by atoms with Crippen molar-refractivity contribution in [3.05, 3.63) is 95.8 Å². The second-order valence-electron chi connectivity index (χ2n) is 20.6. The van der Waals surface area contributed by atoms with Crippen molar-refractivity contribution in [2.24, 2.45) is 16.7 Å². The SMILES string of the molecule is C=C(C)C(=O)OCC(COC(=O)C(C)=O)(COC(=O)C(=O)OC)COc1cc(OCC(COC(=O)C(=C)C)(COC(=O)C(C)=O)COC(=O)C(=O)OC)cc(-c2ccc(-c3ccc(C4CCC(CCCCC)CC4)cc3F)c(CC)c2)c1. The van der Waals surface area contributed by atoms with Gasteiger partial charge in [-0.15, -0.1) is 0 Å². The lowest BCUT2D eigenvalue weighted by Crippen LogP contribution is -2.45. The molecule has 1 aliphatic rings. The lowest BCUT2D eigenvalue weighted by molar-refractivity contribution is -0.174. The zero-order valence-corrected chi connectivity index (χ0v) is 47.8. The van der Waals surface area contributed by atoms with Crippen LogP contribution in [0.15, 0.2) is 78.9 Å². The number of ether oxygens (including phenoxy) is 10. The van der Waals surface area contributed by atoms with Gasteiger partial charge in [-0.3, -0.25) is 9.59 Å². The first-order valence-corrected chi connectivity index (χ1v) is 26.7. The lowest BCUT2D eigenvalue weighted by Gasteiger charge is -2.32. The minimum absolute atomic E-state index is 0.0547. The Hall–Kier alpha value is -8.23. The van der Waals surface area contributed by atoms with Gasteiger partial charge in [0.15, 0.2) is 0 Å². The third kappa shape index (κ3) is 19.8. The van der Waals surface area contributed by atoms with Crippen LogP contribution in [0.25, 0.3) is 22.3 Å². The number of hydrogen-bond acceptors (Lipinski definition) is 20. The molecule has 1 saturated carbocycles. The molecule has 3 aromatic rings. The Morgan fingerprint density at radius 2 is 0.939 bits per heavy atom. The Bertz CT molecular complexity index is 2680. The van der Waals surface area contributed by atoms with E-state index in [-0.39, 0.29) is 34.4 Å². The first-order valence-electron chi connectivity index (χ1n) is 26.7. The maximum Gasteiger partial charge on any atom is 0.417 e. The maximum atomic E-state index is 16.4. The first kappa shape index (κ1) is 66.3. The van der Waals surface area contributed by atoms with Crippen LogP contribution in [-0.2, 0) is 92.3 Å². The van der Waals surface area contributed by atoms with Crippen LogP contribution in [0, 0.1) is 22.6 Å². The molecule has 0 aromatic heterocycles. The molecule has 2 atom stereocenters. The van der Waals surface area contributed by atoms with Gasteiger partial charge in [0.2, 0.25) is 11.6 Å². The van der Waals surface area contributed by atoms with E-state index in [0.29, 0.717) is 34.6 Å². The summed E-state index contributed by atoms with van der Waals surface area (Å²) in [6, 6.07) is 15.2. The number of benzene rings is 3. The third-order valence-corrected chi connectivity index (χ3v) is 13.6. The molecule has 2 unspecified atom stereocenters. The van der Waals surface area contributed by atoms with Gasteiger partial charge in [-0.05, 0) is 104 Å². The van der Waals surface area contributed by atoms with Crippen molar-refractivity contribution in [3.8, 4) is 33.8 Å². The second kappa shape index (κ2) is 31.7. The summed E-state index contributed by atoms with van der Waals surface area (Å²) < 4.78 is 70.0. The monoisotopic (exact) mass is 1140 g/mol. The Labute approximate surface area is 476 Å². The van der Waals surface area contributed by atoms with E-state index in [9.17, 15) is 47.9 Å². The van der Waals surface area contributed by atoms with Gasteiger partial charge >= 0.3 is 47.8 Å². The minimum Gasteiger partial charge on any atom is -0.492 e. The summed E-state index contributed by atoms with van der Waals surface area (Å²) in [6.45, 7) is 9.72.